The minimum Gasteiger partial charge on any atom is -0.479 e. The number of hydrogen-bond donors (Lipinski definition) is 2. The van der Waals surface area contributed by atoms with E-state index < -0.39 is 29.3 Å². The van der Waals surface area contributed by atoms with Crippen LogP contribution in [-0.2, 0) is 11.2 Å². The standard InChI is InChI=1S/C10H11F4N3O2/c1-3-5-6(11)7(16-4-15-5)17-9(2,8(18)19)10(12,13)14/h4H,3H2,1-2H3,(H,18,19)(H,15,16,17). The van der Waals surface area contributed by atoms with Crippen molar-refractivity contribution in [2.45, 2.75) is 32.0 Å². The molecule has 1 atom stereocenters. The van der Waals surface area contributed by atoms with Gasteiger partial charge in [-0.1, -0.05) is 6.92 Å². The molecule has 1 unspecified atom stereocenters. The number of aryl methyl sites for hydroxylation is 1. The summed E-state index contributed by atoms with van der Waals surface area (Å²) < 4.78 is 51.9. The summed E-state index contributed by atoms with van der Waals surface area (Å²) in [6.45, 7) is 1.94. The van der Waals surface area contributed by atoms with Gasteiger partial charge in [0.05, 0.1) is 5.69 Å². The molecule has 5 nitrogen and oxygen atoms in total. The summed E-state index contributed by atoms with van der Waals surface area (Å²) in [6.07, 6.45) is -4.12. The summed E-state index contributed by atoms with van der Waals surface area (Å²) in [7, 11) is 0. The molecule has 0 aliphatic carbocycles. The van der Waals surface area contributed by atoms with E-state index in [2.05, 4.69) is 9.97 Å². The van der Waals surface area contributed by atoms with Crippen molar-refractivity contribution >= 4 is 11.8 Å². The van der Waals surface area contributed by atoms with Crippen molar-refractivity contribution in [1.82, 2.24) is 9.97 Å². The van der Waals surface area contributed by atoms with Crippen molar-refractivity contribution in [3.8, 4) is 0 Å². The number of carboxylic acids is 1. The number of hydrogen-bond acceptors (Lipinski definition) is 4. The van der Waals surface area contributed by atoms with Gasteiger partial charge >= 0.3 is 12.1 Å². The van der Waals surface area contributed by atoms with Gasteiger partial charge in [-0.15, -0.1) is 0 Å². The third kappa shape index (κ3) is 2.74. The summed E-state index contributed by atoms with van der Waals surface area (Å²) in [5.41, 5.74) is -3.44. The Kier molecular flexibility index (Phi) is 3.97. The molecule has 0 aromatic carbocycles. The van der Waals surface area contributed by atoms with Crippen LogP contribution in [0.3, 0.4) is 0 Å². The Morgan fingerprint density at radius 1 is 1.42 bits per heavy atom. The molecule has 0 spiro atoms. The van der Waals surface area contributed by atoms with E-state index in [0.29, 0.717) is 6.92 Å². The van der Waals surface area contributed by atoms with Crippen LogP contribution < -0.4 is 5.32 Å². The van der Waals surface area contributed by atoms with Crippen LogP contribution in [0.15, 0.2) is 6.33 Å². The van der Waals surface area contributed by atoms with Crippen molar-refractivity contribution in [2.24, 2.45) is 0 Å². The fourth-order valence-corrected chi connectivity index (χ4v) is 1.22. The number of alkyl halides is 3. The van der Waals surface area contributed by atoms with Gasteiger partial charge in [0, 0.05) is 0 Å². The van der Waals surface area contributed by atoms with Crippen LogP contribution in [0.2, 0.25) is 0 Å². The van der Waals surface area contributed by atoms with Crippen LogP contribution in [0, 0.1) is 5.82 Å². The highest BCUT2D eigenvalue weighted by atomic mass is 19.4. The largest absolute Gasteiger partial charge is 0.479 e. The lowest BCUT2D eigenvalue weighted by Crippen LogP contribution is -2.56. The van der Waals surface area contributed by atoms with Crippen molar-refractivity contribution in [2.75, 3.05) is 5.32 Å². The molecule has 0 amide bonds. The zero-order valence-electron chi connectivity index (χ0n) is 10.0. The predicted octanol–water partition coefficient (Wildman–Crippen LogP) is 2.00. The Labute approximate surface area is 105 Å². The fraction of sp³-hybridized carbons (Fsp3) is 0.500. The van der Waals surface area contributed by atoms with Gasteiger partial charge in [-0.25, -0.2) is 19.2 Å². The van der Waals surface area contributed by atoms with Gasteiger partial charge in [0.15, 0.2) is 11.6 Å². The average Bonchev–Trinajstić information content (AvgIpc) is 2.30. The SMILES string of the molecule is CCc1ncnc(NC(C)(C(=O)O)C(F)(F)F)c1F. The van der Waals surface area contributed by atoms with E-state index in [-0.39, 0.29) is 12.1 Å². The van der Waals surface area contributed by atoms with Gasteiger partial charge in [0.25, 0.3) is 0 Å². The van der Waals surface area contributed by atoms with Gasteiger partial charge in [-0.05, 0) is 13.3 Å². The number of aromatic nitrogens is 2. The van der Waals surface area contributed by atoms with Crippen molar-refractivity contribution in [3.05, 3.63) is 17.8 Å². The summed E-state index contributed by atoms with van der Waals surface area (Å²) in [5.74, 6) is -4.08. The van der Waals surface area contributed by atoms with E-state index in [0.717, 1.165) is 6.33 Å². The minimum absolute atomic E-state index is 0.104. The highest BCUT2D eigenvalue weighted by Crippen LogP contribution is 2.33. The molecule has 0 radical (unpaired) electrons. The van der Waals surface area contributed by atoms with Gasteiger partial charge in [0.1, 0.15) is 6.33 Å². The first-order valence-electron chi connectivity index (χ1n) is 5.21. The summed E-state index contributed by atoms with van der Waals surface area (Å²) in [5, 5.41) is 10.3. The molecule has 1 aromatic heterocycles. The van der Waals surface area contributed by atoms with E-state index in [1.54, 1.807) is 12.2 Å². The normalized spacial score (nSPS) is 14.8. The lowest BCUT2D eigenvalue weighted by atomic mass is 10.0. The fourth-order valence-electron chi connectivity index (χ4n) is 1.22. The zero-order chi connectivity index (χ0) is 14.8. The van der Waals surface area contributed by atoms with Crippen molar-refractivity contribution in [3.63, 3.8) is 0 Å². The predicted molar refractivity (Wildman–Crippen MR) is 57.1 cm³/mol. The Morgan fingerprint density at radius 2 is 2.00 bits per heavy atom. The van der Waals surface area contributed by atoms with Gasteiger partial charge < -0.3 is 10.4 Å². The molecule has 0 saturated heterocycles. The highest BCUT2D eigenvalue weighted by molar-refractivity contribution is 5.83. The first kappa shape index (κ1) is 15.1. The molecular weight excluding hydrogens is 270 g/mol. The Balaban J connectivity index is 3.23. The van der Waals surface area contributed by atoms with Gasteiger partial charge in [-0.3, -0.25) is 0 Å². The van der Waals surface area contributed by atoms with E-state index in [1.807, 2.05) is 0 Å². The van der Waals surface area contributed by atoms with E-state index in [9.17, 15) is 22.4 Å². The number of carboxylic acid groups (broad SMARTS) is 1. The number of aliphatic carboxylic acids is 1. The maximum atomic E-state index is 13.7. The average molecular weight is 281 g/mol. The molecule has 9 heteroatoms. The number of nitrogens with one attached hydrogen (secondary N) is 1. The summed E-state index contributed by atoms with van der Waals surface area (Å²) in [4.78, 5) is 17.6. The minimum atomic E-state index is -5.12. The first-order chi connectivity index (χ1) is 8.63. The van der Waals surface area contributed by atoms with E-state index in [4.69, 9.17) is 5.11 Å². The molecule has 19 heavy (non-hydrogen) atoms. The Morgan fingerprint density at radius 3 is 2.42 bits per heavy atom. The molecule has 106 valence electrons. The van der Waals surface area contributed by atoms with Crippen LogP contribution in [0.5, 0.6) is 0 Å². The third-order valence-corrected chi connectivity index (χ3v) is 2.56. The molecule has 1 aromatic rings. The summed E-state index contributed by atoms with van der Waals surface area (Å²) >= 11 is 0. The second-order valence-corrected chi connectivity index (χ2v) is 3.89. The zero-order valence-corrected chi connectivity index (χ0v) is 10.0. The smallest absolute Gasteiger partial charge is 0.422 e. The maximum Gasteiger partial charge on any atom is 0.422 e. The molecule has 0 aliphatic rings. The molecule has 1 heterocycles. The lowest BCUT2D eigenvalue weighted by Gasteiger charge is -2.29. The third-order valence-electron chi connectivity index (χ3n) is 2.56. The van der Waals surface area contributed by atoms with E-state index >= 15 is 0 Å². The number of anilines is 1. The number of nitrogens with zero attached hydrogens (tertiary/aromatic N) is 2. The second-order valence-electron chi connectivity index (χ2n) is 3.89. The van der Waals surface area contributed by atoms with Gasteiger partial charge in [-0.2, -0.15) is 13.2 Å². The van der Waals surface area contributed by atoms with Crippen molar-refractivity contribution in [1.29, 1.82) is 0 Å². The van der Waals surface area contributed by atoms with Crippen LogP contribution in [0.4, 0.5) is 23.4 Å². The maximum absolute atomic E-state index is 13.7. The van der Waals surface area contributed by atoms with E-state index in [1.165, 1.54) is 0 Å². The molecule has 0 aliphatic heterocycles. The monoisotopic (exact) mass is 281 g/mol. The summed E-state index contributed by atoms with van der Waals surface area (Å²) in [6, 6.07) is 0. The van der Waals surface area contributed by atoms with Crippen LogP contribution in [-0.4, -0.2) is 32.8 Å². The molecule has 2 N–H and O–H groups in total. The van der Waals surface area contributed by atoms with Crippen LogP contribution in [0.25, 0.3) is 0 Å². The molecular formula is C10H11F4N3O2. The number of rotatable bonds is 4. The number of carbonyl (C=O) groups is 1. The molecule has 1 rings (SSSR count). The Bertz CT molecular complexity index is 492. The number of halogens is 4. The quantitative estimate of drug-likeness (QED) is 0.825. The van der Waals surface area contributed by atoms with Crippen LogP contribution >= 0.6 is 0 Å². The lowest BCUT2D eigenvalue weighted by molar-refractivity contribution is -0.193. The van der Waals surface area contributed by atoms with Gasteiger partial charge in [0.2, 0.25) is 5.54 Å². The Hall–Kier alpha value is -1.93. The topological polar surface area (TPSA) is 75.1 Å². The highest BCUT2D eigenvalue weighted by Gasteiger charge is 2.58. The molecule has 0 saturated carbocycles. The van der Waals surface area contributed by atoms with Crippen molar-refractivity contribution < 1.29 is 27.5 Å². The molecule has 0 fully saturated rings. The van der Waals surface area contributed by atoms with Crippen LogP contribution in [0.1, 0.15) is 19.5 Å². The second kappa shape index (κ2) is 4.98. The molecule has 0 bridgehead atoms. The first-order valence-corrected chi connectivity index (χ1v) is 5.21.